The topological polar surface area (TPSA) is 88.5 Å². The molecule has 0 aliphatic rings. The number of aromatic nitrogens is 4. The first kappa shape index (κ1) is 22.4. The number of nitrogens with zero attached hydrogens (tertiary/aromatic N) is 5. The molecule has 0 fully saturated rings. The van der Waals surface area contributed by atoms with Gasteiger partial charge in [0.2, 0.25) is 5.91 Å². The number of amides is 1. The van der Waals surface area contributed by atoms with Gasteiger partial charge in [0.1, 0.15) is 11.9 Å². The Hall–Kier alpha value is -3.83. The van der Waals surface area contributed by atoms with Crippen LogP contribution >= 0.6 is 11.8 Å². The summed E-state index contributed by atoms with van der Waals surface area (Å²) >= 11 is 1.31. The van der Waals surface area contributed by atoms with Gasteiger partial charge < -0.3 is 9.88 Å². The molecule has 2 heterocycles. The van der Waals surface area contributed by atoms with Crippen molar-refractivity contribution >= 4 is 23.5 Å². The van der Waals surface area contributed by atoms with Gasteiger partial charge in [0.25, 0.3) is 0 Å². The van der Waals surface area contributed by atoms with Gasteiger partial charge >= 0.3 is 0 Å². The Kier molecular flexibility index (Phi) is 6.33. The van der Waals surface area contributed by atoms with Crippen LogP contribution in [0.4, 0.5) is 5.82 Å². The van der Waals surface area contributed by atoms with Crippen molar-refractivity contribution in [1.29, 1.82) is 5.26 Å². The summed E-state index contributed by atoms with van der Waals surface area (Å²) in [7, 11) is 1.89. The van der Waals surface area contributed by atoms with E-state index in [1.54, 1.807) is 0 Å². The lowest BCUT2D eigenvalue weighted by atomic mass is 10.1. The molecule has 0 radical (unpaired) electrons. The lowest BCUT2D eigenvalue weighted by molar-refractivity contribution is -0.113. The maximum absolute atomic E-state index is 12.9. The van der Waals surface area contributed by atoms with Gasteiger partial charge in [0.05, 0.1) is 11.3 Å². The lowest BCUT2D eigenvalue weighted by Gasteiger charge is -2.13. The van der Waals surface area contributed by atoms with E-state index in [9.17, 15) is 10.1 Å². The van der Waals surface area contributed by atoms with Gasteiger partial charge in [-0.2, -0.15) is 5.26 Å². The van der Waals surface area contributed by atoms with Crippen molar-refractivity contribution in [2.75, 3.05) is 11.1 Å². The molecule has 0 spiro atoms. The first-order valence-electron chi connectivity index (χ1n) is 10.5. The average Bonchev–Trinajstić information content (AvgIpc) is 3.29. The van der Waals surface area contributed by atoms with E-state index in [2.05, 4.69) is 27.6 Å². The van der Waals surface area contributed by atoms with Crippen LogP contribution in [0.5, 0.6) is 0 Å². The largest absolute Gasteiger partial charge is 0.310 e. The molecule has 0 aliphatic heterocycles. The Balaban J connectivity index is 1.54. The number of para-hydroxylation sites is 1. The second-order valence-electron chi connectivity index (χ2n) is 7.79. The smallest absolute Gasteiger partial charge is 0.236 e. The monoisotopic (exact) mass is 456 g/mol. The van der Waals surface area contributed by atoms with Gasteiger partial charge in [-0.25, -0.2) is 0 Å². The molecule has 7 nitrogen and oxygen atoms in total. The fourth-order valence-corrected chi connectivity index (χ4v) is 4.45. The van der Waals surface area contributed by atoms with Crippen molar-refractivity contribution in [3.63, 3.8) is 0 Å². The number of nitrogens with one attached hydrogen (secondary N) is 1. The molecule has 1 amide bonds. The number of hydrogen-bond acceptors (Lipinski definition) is 5. The van der Waals surface area contributed by atoms with Crippen LogP contribution in [0, 0.1) is 32.1 Å². The molecular formula is C25H24N6OS. The summed E-state index contributed by atoms with van der Waals surface area (Å²) in [6.07, 6.45) is 0. The summed E-state index contributed by atoms with van der Waals surface area (Å²) in [5.74, 6) is 1.16. The van der Waals surface area contributed by atoms with Crippen LogP contribution in [0.2, 0.25) is 0 Å². The second kappa shape index (κ2) is 9.35. The predicted octanol–water partition coefficient (Wildman–Crippen LogP) is 4.80. The lowest BCUT2D eigenvalue weighted by Crippen LogP contribution is -2.18. The Morgan fingerprint density at radius 3 is 2.55 bits per heavy atom. The molecule has 1 N–H and O–H groups in total. The van der Waals surface area contributed by atoms with Gasteiger partial charge in [-0.1, -0.05) is 53.7 Å². The summed E-state index contributed by atoms with van der Waals surface area (Å²) in [5, 5.41) is 21.9. The van der Waals surface area contributed by atoms with Crippen LogP contribution in [0.15, 0.2) is 59.8 Å². The molecule has 166 valence electrons. The SMILES string of the molecule is Cc1cccc(-c2nnc(SCC(=O)Nc3c(C#N)c(C)c(C)n3-c3ccccc3)n2C)c1. The molecule has 2 aromatic heterocycles. The summed E-state index contributed by atoms with van der Waals surface area (Å²) in [6.45, 7) is 5.87. The Labute approximate surface area is 197 Å². The first-order chi connectivity index (χ1) is 15.9. The van der Waals surface area contributed by atoms with Gasteiger partial charge in [0, 0.05) is 24.0 Å². The van der Waals surface area contributed by atoms with Gasteiger partial charge in [0.15, 0.2) is 11.0 Å². The fraction of sp³-hybridized carbons (Fsp3) is 0.200. The van der Waals surface area contributed by atoms with Gasteiger partial charge in [-0.05, 0) is 44.5 Å². The highest BCUT2D eigenvalue weighted by atomic mass is 32.2. The summed E-state index contributed by atoms with van der Waals surface area (Å²) in [4.78, 5) is 12.9. The number of anilines is 1. The second-order valence-corrected chi connectivity index (χ2v) is 8.73. The molecule has 0 aliphatic carbocycles. The standard InChI is InChI=1S/C25H24N6OS/c1-16-9-8-10-19(13-16)23-28-29-25(30(23)4)33-15-22(32)27-24-21(14-26)17(2)18(3)31(24)20-11-6-5-7-12-20/h5-13H,15H2,1-4H3,(H,27,32). The summed E-state index contributed by atoms with van der Waals surface area (Å²) < 4.78 is 3.79. The molecule has 0 saturated heterocycles. The van der Waals surface area contributed by atoms with Crippen molar-refractivity contribution in [1.82, 2.24) is 19.3 Å². The molecule has 4 aromatic rings. The number of nitriles is 1. The van der Waals surface area contributed by atoms with E-state index in [1.807, 2.05) is 85.5 Å². The van der Waals surface area contributed by atoms with Crippen molar-refractivity contribution in [3.8, 4) is 23.1 Å². The minimum absolute atomic E-state index is 0.142. The molecule has 0 saturated carbocycles. The molecule has 4 rings (SSSR count). The van der Waals surface area contributed by atoms with E-state index in [-0.39, 0.29) is 11.7 Å². The van der Waals surface area contributed by atoms with Crippen LogP contribution in [0.1, 0.15) is 22.4 Å². The van der Waals surface area contributed by atoms with Gasteiger partial charge in [-0.3, -0.25) is 9.36 Å². The maximum Gasteiger partial charge on any atom is 0.236 e. The molecule has 8 heteroatoms. The summed E-state index contributed by atoms with van der Waals surface area (Å²) in [5.41, 5.74) is 5.24. The first-order valence-corrected chi connectivity index (χ1v) is 11.5. The minimum Gasteiger partial charge on any atom is -0.310 e. The van der Waals surface area contributed by atoms with Crippen LogP contribution in [-0.4, -0.2) is 31.0 Å². The van der Waals surface area contributed by atoms with Crippen LogP contribution < -0.4 is 5.32 Å². The average molecular weight is 457 g/mol. The van der Waals surface area contributed by atoms with Crippen molar-refractivity contribution < 1.29 is 4.79 Å². The molecule has 2 aromatic carbocycles. The summed E-state index contributed by atoms with van der Waals surface area (Å²) in [6, 6.07) is 20.0. The molecule has 0 bridgehead atoms. The third-order valence-electron chi connectivity index (χ3n) is 5.54. The van der Waals surface area contributed by atoms with E-state index in [1.165, 1.54) is 11.8 Å². The van der Waals surface area contributed by atoms with Gasteiger partial charge in [-0.15, -0.1) is 10.2 Å². The number of hydrogen-bond donors (Lipinski definition) is 1. The molecule has 0 atom stereocenters. The number of carbonyl (C=O) groups is 1. The van der Waals surface area contributed by atoms with Crippen molar-refractivity contribution in [2.45, 2.75) is 25.9 Å². The van der Waals surface area contributed by atoms with E-state index >= 15 is 0 Å². The van der Waals surface area contributed by atoms with Crippen LogP contribution in [0.25, 0.3) is 17.1 Å². The number of benzene rings is 2. The zero-order valence-corrected chi connectivity index (χ0v) is 19.8. The van der Waals surface area contributed by atoms with Crippen molar-refractivity contribution in [2.24, 2.45) is 7.05 Å². The Bertz CT molecular complexity index is 1360. The minimum atomic E-state index is -0.216. The highest BCUT2D eigenvalue weighted by Gasteiger charge is 2.21. The fourth-order valence-electron chi connectivity index (χ4n) is 3.74. The molecule has 33 heavy (non-hydrogen) atoms. The highest BCUT2D eigenvalue weighted by molar-refractivity contribution is 7.99. The van der Waals surface area contributed by atoms with E-state index in [4.69, 9.17) is 0 Å². The number of aryl methyl sites for hydroxylation is 1. The van der Waals surface area contributed by atoms with E-state index < -0.39 is 0 Å². The quantitative estimate of drug-likeness (QED) is 0.421. The normalized spacial score (nSPS) is 10.8. The zero-order chi connectivity index (χ0) is 23.5. The predicted molar refractivity (Wildman–Crippen MR) is 130 cm³/mol. The zero-order valence-electron chi connectivity index (χ0n) is 19.0. The highest BCUT2D eigenvalue weighted by Crippen LogP contribution is 2.30. The third kappa shape index (κ3) is 4.41. The van der Waals surface area contributed by atoms with E-state index in [0.29, 0.717) is 16.5 Å². The molecule has 0 unspecified atom stereocenters. The van der Waals surface area contributed by atoms with Crippen LogP contribution in [-0.2, 0) is 11.8 Å². The molecular weight excluding hydrogens is 432 g/mol. The number of thioether (sulfide) groups is 1. The van der Waals surface area contributed by atoms with Crippen LogP contribution in [0.3, 0.4) is 0 Å². The number of rotatable bonds is 6. The Morgan fingerprint density at radius 2 is 1.85 bits per heavy atom. The van der Waals surface area contributed by atoms with E-state index in [0.717, 1.165) is 33.9 Å². The maximum atomic E-state index is 12.9. The number of carbonyl (C=O) groups excluding carboxylic acids is 1. The third-order valence-corrected chi connectivity index (χ3v) is 6.56. The van der Waals surface area contributed by atoms with Crippen molar-refractivity contribution in [3.05, 3.63) is 77.0 Å². The Morgan fingerprint density at radius 1 is 1.09 bits per heavy atom.